The fourth-order valence-electron chi connectivity index (χ4n) is 3.08. The number of methoxy groups -OCH3 is 1. The number of ether oxygens (including phenoxy) is 1. The number of rotatable bonds is 4. The van der Waals surface area contributed by atoms with Crippen molar-refractivity contribution in [1.29, 1.82) is 0 Å². The number of aryl methyl sites for hydroxylation is 2. The molecule has 1 nitrogen and oxygen atoms in total. The largest absolute Gasteiger partial charge is 0.496 e. The smallest absolute Gasteiger partial charge is 0.123 e. The van der Waals surface area contributed by atoms with E-state index < -0.39 is 0 Å². The summed E-state index contributed by atoms with van der Waals surface area (Å²) in [7, 11) is 1.77. The maximum absolute atomic E-state index is 5.57. The molecule has 96 valence electrons. The topological polar surface area (TPSA) is 9.23 Å². The average Bonchev–Trinajstić information content (AvgIpc) is 2.13. The standard InChI is InChI=1S/C16H26O/c1-11(2)10-16(5,6)15-13(4)8-12(3)9-14(15)17-7/h8-9,11H,10H2,1-7H3. The van der Waals surface area contributed by atoms with Gasteiger partial charge >= 0.3 is 0 Å². The van der Waals surface area contributed by atoms with Gasteiger partial charge in [0.25, 0.3) is 0 Å². The summed E-state index contributed by atoms with van der Waals surface area (Å²) in [6.07, 6.45) is 1.17. The zero-order valence-electron chi connectivity index (χ0n) is 12.3. The first-order chi connectivity index (χ1) is 7.77. The van der Waals surface area contributed by atoms with E-state index in [9.17, 15) is 0 Å². The first-order valence-corrected chi connectivity index (χ1v) is 6.43. The molecular formula is C16H26O. The second kappa shape index (κ2) is 5.12. The van der Waals surface area contributed by atoms with Gasteiger partial charge in [0.1, 0.15) is 5.75 Å². The van der Waals surface area contributed by atoms with Gasteiger partial charge in [-0.05, 0) is 48.8 Å². The van der Waals surface area contributed by atoms with Crippen molar-refractivity contribution in [1.82, 2.24) is 0 Å². The molecule has 0 aliphatic rings. The van der Waals surface area contributed by atoms with Crippen LogP contribution in [0.15, 0.2) is 12.1 Å². The van der Waals surface area contributed by atoms with Crippen LogP contribution in [-0.2, 0) is 5.41 Å². The molecule has 0 aliphatic carbocycles. The van der Waals surface area contributed by atoms with Gasteiger partial charge in [0.15, 0.2) is 0 Å². The lowest BCUT2D eigenvalue weighted by atomic mass is 9.75. The van der Waals surface area contributed by atoms with E-state index in [0.29, 0.717) is 5.92 Å². The van der Waals surface area contributed by atoms with Crippen LogP contribution in [0.25, 0.3) is 0 Å². The van der Waals surface area contributed by atoms with Crippen LogP contribution in [0.1, 0.15) is 50.8 Å². The van der Waals surface area contributed by atoms with E-state index >= 15 is 0 Å². The molecule has 0 unspecified atom stereocenters. The van der Waals surface area contributed by atoms with Gasteiger partial charge in [0.05, 0.1) is 7.11 Å². The summed E-state index contributed by atoms with van der Waals surface area (Å²) in [5.41, 5.74) is 4.13. The molecule has 1 heteroatoms. The molecule has 1 rings (SSSR count). The molecule has 0 aliphatic heterocycles. The second-order valence-corrected chi connectivity index (χ2v) is 6.14. The quantitative estimate of drug-likeness (QED) is 0.737. The summed E-state index contributed by atoms with van der Waals surface area (Å²) in [5.74, 6) is 1.73. The molecule has 0 bridgehead atoms. The summed E-state index contributed by atoms with van der Waals surface area (Å²) in [6, 6.07) is 4.39. The summed E-state index contributed by atoms with van der Waals surface area (Å²) >= 11 is 0. The van der Waals surface area contributed by atoms with Crippen LogP contribution < -0.4 is 4.74 Å². The molecule has 0 aromatic heterocycles. The Hall–Kier alpha value is -0.980. The summed E-state index contributed by atoms with van der Waals surface area (Å²) in [5, 5.41) is 0. The summed E-state index contributed by atoms with van der Waals surface area (Å²) in [6.45, 7) is 13.5. The van der Waals surface area contributed by atoms with E-state index in [0.717, 1.165) is 5.75 Å². The third kappa shape index (κ3) is 3.24. The van der Waals surface area contributed by atoms with Crippen LogP contribution >= 0.6 is 0 Å². The maximum Gasteiger partial charge on any atom is 0.123 e. The van der Waals surface area contributed by atoms with Gasteiger partial charge in [-0.1, -0.05) is 33.8 Å². The van der Waals surface area contributed by atoms with Gasteiger partial charge in [-0.3, -0.25) is 0 Å². The normalized spacial score (nSPS) is 12.0. The van der Waals surface area contributed by atoms with Crippen molar-refractivity contribution in [3.63, 3.8) is 0 Å². The zero-order valence-corrected chi connectivity index (χ0v) is 12.3. The number of benzene rings is 1. The van der Waals surface area contributed by atoms with Crippen LogP contribution in [0.2, 0.25) is 0 Å². The molecule has 0 radical (unpaired) electrons. The molecule has 0 saturated heterocycles. The predicted molar refractivity (Wildman–Crippen MR) is 74.9 cm³/mol. The van der Waals surface area contributed by atoms with E-state index in [4.69, 9.17) is 4.74 Å². The fraction of sp³-hybridized carbons (Fsp3) is 0.625. The minimum atomic E-state index is 0.164. The lowest BCUT2D eigenvalue weighted by Crippen LogP contribution is -2.22. The highest BCUT2D eigenvalue weighted by molar-refractivity contribution is 5.47. The molecule has 0 N–H and O–H groups in total. The Balaban J connectivity index is 3.28. The Morgan fingerprint density at radius 1 is 1.18 bits per heavy atom. The van der Waals surface area contributed by atoms with E-state index in [1.807, 2.05) is 0 Å². The van der Waals surface area contributed by atoms with Crippen molar-refractivity contribution in [2.24, 2.45) is 5.92 Å². The Morgan fingerprint density at radius 2 is 1.76 bits per heavy atom. The Bertz CT molecular complexity index is 389. The SMILES string of the molecule is COc1cc(C)cc(C)c1C(C)(C)CC(C)C. The highest BCUT2D eigenvalue weighted by Crippen LogP contribution is 2.39. The number of hydrogen-bond donors (Lipinski definition) is 0. The van der Waals surface area contributed by atoms with E-state index in [1.54, 1.807) is 7.11 Å². The minimum absolute atomic E-state index is 0.164. The molecular weight excluding hydrogens is 208 g/mol. The highest BCUT2D eigenvalue weighted by atomic mass is 16.5. The first kappa shape index (κ1) is 14.1. The monoisotopic (exact) mass is 234 g/mol. The first-order valence-electron chi connectivity index (χ1n) is 6.43. The van der Waals surface area contributed by atoms with Crippen molar-refractivity contribution >= 4 is 0 Å². The molecule has 1 aromatic rings. The van der Waals surface area contributed by atoms with Crippen molar-refractivity contribution in [3.8, 4) is 5.75 Å². The zero-order chi connectivity index (χ0) is 13.2. The lowest BCUT2D eigenvalue weighted by molar-refractivity contribution is 0.360. The van der Waals surface area contributed by atoms with Crippen molar-refractivity contribution < 1.29 is 4.74 Å². The molecule has 1 aromatic carbocycles. The van der Waals surface area contributed by atoms with Crippen molar-refractivity contribution in [2.75, 3.05) is 7.11 Å². The molecule has 0 amide bonds. The third-order valence-corrected chi connectivity index (χ3v) is 3.26. The minimum Gasteiger partial charge on any atom is -0.496 e. The number of hydrogen-bond acceptors (Lipinski definition) is 1. The third-order valence-electron chi connectivity index (χ3n) is 3.26. The van der Waals surface area contributed by atoms with Crippen LogP contribution in [0.3, 0.4) is 0 Å². The van der Waals surface area contributed by atoms with Gasteiger partial charge < -0.3 is 4.74 Å². The van der Waals surface area contributed by atoms with Crippen LogP contribution in [0, 0.1) is 19.8 Å². The predicted octanol–water partition coefficient (Wildman–Crippen LogP) is 4.64. The summed E-state index contributed by atoms with van der Waals surface area (Å²) in [4.78, 5) is 0. The Labute approximate surface area is 106 Å². The van der Waals surface area contributed by atoms with E-state index in [-0.39, 0.29) is 5.41 Å². The Kier molecular flexibility index (Phi) is 4.24. The van der Waals surface area contributed by atoms with Gasteiger partial charge in [-0.25, -0.2) is 0 Å². The fourth-order valence-corrected chi connectivity index (χ4v) is 3.08. The van der Waals surface area contributed by atoms with Gasteiger partial charge in [0, 0.05) is 5.56 Å². The molecule has 0 heterocycles. The molecule has 0 atom stereocenters. The maximum atomic E-state index is 5.57. The molecule has 17 heavy (non-hydrogen) atoms. The molecule has 0 spiro atoms. The average molecular weight is 234 g/mol. The van der Waals surface area contributed by atoms with E-state index in [2.05, 4.69) is 53.7 Å². The highest BCUT2D eigenvalue weighted by Gasteiger charge is 2.27. The van der Waals surface area contributed by atoms with Gasteiger partial charge in [-0.15, -0.1) is 0 Å². The lowest BCUT2D eigenvalue weighted by Gasteiger charge is -2.31. The van der Waals surface area contributed by atoms with Crippen LogP contribution in [-0.4, -0.2) is 7.11 Å². The van der Waals surface area contributed by atoms with Crippen LogP contribution in [0.4, 0.5) is 0 Å². The van der Waals surface area contributed by atoms with Crippen molar-refractivity contribution in [2.45, 2.75) is 53.4 Å². The molecule has 0 fully saturated rings. The van der Waals surface area contributed by atoms with Crippen LogP contribution in [0.5, 0.6) is 5.75 Å². The van der Waals surface area contributed by atoms with Gasteiger partial charge in [0.2, 0.25) is 0 Å². The van der Waals surface area contributed by atoms with Gasteiger partial charge in [-0.2, -0.15) is 0 Å². The van der Waals surface area contributed by atoms with Crippen molar-refractivity contribution in [3.05, 3.63) is 28.8 Å². The van der Waals surface area contributed by atoms with E-state index in [1.165, 1.54) is 23.1 Å². The molecule has 0 saturated carbocycles. The Morgan fingerprint density at radius 3 is 2.24 bits per heavy atom. The summed E-state index contributed by atoms with van der Waals surface area (Å²) < 4.78 is 5.57. The second-order valence-electron chi connectivity index (χ2n) is 6.14.